The van der Waals surface area contributed by atoms with Crippen LogP contribution in [0.1, 0.15) is 11.1 Å². The van der Waals surface area contributed by atoms with Crippen LogP contribution < -0.4 is 0 Å². The van der Waals surface area contributed by atoms with Gasteiger partial charge < -0.3 is 4.74 Å². The van der Waals surface area contributed by atoms with E-state index in [0.717, 1.165) is 17.2 Å². The van der Waals surface area contributed by atoms with Crippen molar-refractivity contribution in [1.29, 1.82) is 0 Å². The Morgan fingerprint density at radius 1 is 0.938 bits per heavy atom. The summed E-state index contributed by atoms with van der Waals surface area (Å²) >= 11 is 6.01. The van der Waals surface area contributed by atoms with E-state index in [1.165, 1.54) is 5.56 Å². The summed E-state index contributed by atoms with van der Waals surface area (Å²) in [6.45, 7) is 0.733. The first kappa shape index (κ1) is 9.88. The van der Waals surface area contributed by atoms with Gasteiger partial charge in [-0.3, -0.25) is 0 Å². The van der Waals surface area contributed by atoms with Crippen molar-refractivity contribution in [3.8, 4) is 0 Å². The van der Waals surface area contributed by atoms with Gasteiger partial charge in [0.2, 0.25) is 0 Å². The van der Waals surface area contributed by atoms with E-state index in [-0.39, 0.29) is 5.60 Å². The van der Waals surface area contributed by atoms with Gasteiger partial charge in [0.05, 0.1) is 6.61 Å². The van der Waals surface area contributed by atoms with Gasteiger partial charge >= 0.3 is 0 Å². The highest BCUT2D eigenvalue weighted by Gasteiger charge is 2.48. The first-order valence-corrected chi connectivity index (χ1v) is 5.65. The first-order chi connectivity index (χ1) is 7.81. The molecule has 2 aromatic rings. The Morgan fingerprint density at radius 2 is 1.62 bits per heavy atom. The Balaban J connectivity index is 2.07. The van der Waals surface area contributed by atoms with Gasteiger partial charge in [0.15, 0.2) is 0 Å². The summed E-state index contributed by atoms with van der Waals surface area (Å²) in [4.78, 5) is 0. The third-order valence-corrected chi connectivity index (χ3v) is 3.20. The molecule has 0 bridgehead atoms. The van der Waals surface area contributed by atoms with Gasteiger partial charge in [-0.15, -0.1) is 0 Å². The lowest BCUT2D eigenvalue weighted by Gasteiger charge is -2.12. The Labute approximate surface area is 99.6 Å². The third kappa shape index (κ3) is 1.53. The van der Waals surface area contributed by atoms with Crippen molar-refractivity contribution < 1.29 is 4.74 Å². The van der Waals surface area contributed by atoms with E-state index in [9.17, 15) is 0 Å². The molecule has 16 heavy (non-hydrogen) atoms. The van der Waals surface area contributed by atoms with Crippen LogP contribution in [-0.4, -0.2) is 6.61 Å². The third-order valence-electron chi connectivity index (χ3n) is 2.96. The molecular weight excluding hydrogens is 220 g/mol. The van der Waals surface area contributed by atoms with Crippen molar-refractivity contribution in [1.82, 2.24) is 0 Å². The predicted molar refractivity (Wildman–Crippen MR) is 64.6 cm³/mol. The van der Waals surface area contributed by atoms with Crippen LogP contribution >= 0.6 is 11.6 Å². The van der Waals surface area contributed by atoms with E-state index in [2.05, 4.69) is 18.2 Å². The molecule has 80 valence electrons. The molecule has 1 saturated heterocycles. The molecule has 0 radical (unpaired) electrons. The molecule has 3 rings (SSSR count). The standard InChI is InChI=1S/C14H11ClO/c15-13-8-4-7-12(9-13)14(10-16-14)11-5-2-1-3-6-11/h1-9H,10H2/t14-/m0/s1. The van der Waals surface area contributed by atoms with Gasteiger partial charge in [0.1, 0.15) is 5.60 Å². The van der Waals surface area contributed by atoms with E-state index >= 15 is 0 Å². The van der Waals surface area contributed by atoms with Gasteiger partial charge in [-0.2, -0.15) is 0 Å². The van der Waals surface area contributed by atoms with Crippen molar-refractivity contribution in [3.63, 3.8) is 0 Å². The lowest BCUT2D eigenvalue weighted by atomic mass is 9.92. The summed E-state index contributed by atoms with van der Waals surface area (Å²) in [7, 11) is 0. The lowest BCUT2D eigenvalue weighted by Crippen LogP contribution is -2.10. The molecule has 0 saturated carbocycles. The van der Waals surface area contributed by atoms with Crippen LogP contribution in [0.3, 0.4) is 0 Å². The van der Waals surface area contributed by atoms with Gasteiger partial charge in [0, 0.05) is 5.02 Å². The van der Waals surface area contributed by atoms with Crippen molar-refractivity contribution in [2.45, 2.75) is 5.60 Å². The highest BCUT2D eigenvalue weighted by Crippen LogP contribution is 2.45. The molecule has 0 amide bonds. The van der Waals surface area contributed by atoms with Gasteiger partial charge in [-0.05, 0) is 23.3 Å². The summed E-state index contributed by atoms with van der Waals surface area (Å²) < 4.78 is 5.66. The minimum absolute atomic E-state index is 0.258. The Bertz CT molecular complexity index is 503. The van der Waals surface area contributed by atoms with Crippen molar-refractivity contribution in [2.75, 3.05) is 6.61 Å². The quantitative estimate of drug-likeness (QED) is 0.718. The van der Waals surface area contributed by atoms with Crippen LogP contribution in [0.4, 0.5) is 0 Å². The van der Waals surface area contributed by atoms with Gasteiger partial charge in [0.25, 0.3) is 0 Å². The Morgan fingerprint density at radius 3 is 2.25 bits per heavy atom. The van der Waals surface area contributed by atoms with Crippen molar-refractivity contribution in [3.05, 3.63) is 70.7 Å². The van der Waals surface area contributed by atoms with Crippen LogP contribution in [0, 0.1) is 0 Å². The molecule has 1 heterocycles. The number of benzene rings is 2. The fraction of sp³-hybridized carbons (Fsp3) is 0.143. The number of hydrogen-bond acceptors (Lipinski definition) is 1. The average Bonchev–Trinajstić information content (AvgIpc) is 3.11. The predicted octanol–water partition coefficient (Wildman–Crippen LogP) is 3.61. The Kier molecular flexibility index (Phi) is 2.23. The molecule has 1 aliphatic heterocycles. The van der Waals surface area contributed by atoms with Crippen molar-refractivity contribution in [2.24, 2.45) is 0 Å². The van der Waals surface area contributed by atoms with Crippen LogP contribution in [0.2, 0.25) is 5.02 Å². The number of ether oxygens (including phenoxy) is 1. The normalized spacial score (nSPS) is 23.1. The zero-order valence-corrected chi connectivity index (χ0v) is 9.45. The molecule has 0 spiro atoms. The highest BCUT2D eigenvalue weighted by molar-refractivity contribution is 6.30. The topological polar surface area (TPSA) is 12.5 Å². The maximum Gasteiger partial charge on any atom is 0.142 e. The first-order valence-electron chi connectivity index (χ1n) is 5.27. The summed E-state index contributed by atoms with van der Waals surface area (Å²) in [6, 6.07) is 18.1. The monoisotopic (exact) mass is 230 g/mol. The molecule has 1 fully saturated rings. The molecule has 0 unspecified atom stereocenters. The highest BCUT2D eigenvalue weighted by atomic mass is 35.5. The zero-order chi connectivity index (χ0) is 11.0. The molecule has 1 aliphatic rings. The summed E-state index contributed by atoms with van der Waals surface area (Å²) in [5.41, 5.74) is 2.06. The molecule has 2 heteroatoms. The molecule has 1 nitrogen and oxygen atoms in total. The number of halogens is 1. The van der Waals surface area contributed by atoms with E-state index in [4.69, 9.17) is 16.3 Å². The maximum absolute atomic E-state index is 6.01. The number of epoxide rings is 1. The summed E-state index contributed by atoms with van der Waals surface area (Å²) in [6.07, 6.45) is 0. The maximum atomic E-state index is 6.01. The van der Waals surface area contributed by atoms with Crippen LogP contribution in [0.15, 0.2) is 54.6 Å². The van der Waals surface area contributed by atoms with Crippen LogP contribution in [-0.2, 0) is 10.3 Å². The summed E-state index contributed by atoms with van der Waals surface area (Å²) in [5, 5.41) is 0.753. The molecule has 0 aliphatic carbocycles. The molecule has 2 aromatic carbocycles. The number of hydrogen-bond donors (Lipinski definition) is 0. The summed E-state index contributed by atoms with van der Waals surface area (Å²) in [5.74, 6) is 0. The smallest absolute Gasteiger partial charge is 0.142 e. The van der Waals surface area contributed by atoms with Crippen molar-refractivity contribution >= 4 is 11.6 Å². The lowest BCUT2D eigenvalue weighted by molar-refractivity contribution is 0.349. The molecule has 0 N–H and O–H groups in total. The molecular formula is C14H11ClO. The largest absolute Gasteiger partial charge is 0.359 e. The van der Waals surface area contributed by atoms with Crippen LogP contribution in [0.5, 0.6) is 0 Å². The second kappa shape index (κ2) is 3.62. The average molecular weight is 231 g/mol. The van der Waals surface area contributed by atoms with E-state index < -0.39 is 0 Å². The zero-order valence-electron chi connectivity index (χ0n) is 8.69. The van der Waals surface area contributed by atoms with Gasteiger partial charge in [-0.25, -0.2) is 0 Å². The van der Waals surface area contributed by atoms with Gasteiger partial charge in [-0.1, -0.05) is 54.1 Å². The number of rotatable bonds is 2. The SMILES string of the molecule is Clc1cccc([C@@]2(c3ccccc3)CO2)c1. The second-order valence-electron chi connectivity index (χ2n) is 3.99. The molecule has 1 atom stereocenters. The minimum Gasteiger partial charge on any atom is -0.359 e. The fourth-order valence-corrected chi connectivity index (χ4v) is 2.21. The van der Waals surface area contributed by atoms with E-state index in [1.807, 2.05) is 36.4 Å². The Hall–Kier alpha value is -1.31. The minimum atomic E-state index is -0.258. The van der Waals surface area contributed by atoms with E-state index in [0.29, 0.717) is 0 Å². The van der Waals surface area contributed by atoms with Crippen LogP contribution in [0.25, 0.3) is 0 Å². The molecule has 0 aromatic heterocycles. The second-order valence-corrected chi connectivity index (χ2v) is 4.43. The van der Waals surface area contributed by atoms with E-state index in [1.54, 1.807) is 0 Å². The fourth-order valence-electron chi connectivity index (χ4n) is 2.02.